The van der Waals surface area contributed by atoms with Crippen LogP contribution in [0.3, 0.4) is 0 Å². The number of nitrogens with two attached hydrogens (primary N) is 1. The van der Waals surface area contributed by atoms with Gasteiger partial charge in [-0.2, -0.15) is 0 Å². The van der Waals surface area contributed by atoms with Gasteiger partial charge in [0.05, 0.1) is 25.2 Å². The van der Waals surface area contributed by atoms with Crippen molar-refractivity contribution >= 4 is 11.6 Å². The molecule has 1 aliphatic rings. The van der Waals surface area contributed by atoms with Gasteiger partial charge < -0.3 is 25.6 Å². The molecule has 1 aliphatic heterocycles. The molecule has 4 N–H and O–H groups in total. The van der Waals surface area contributed by atoms with Gasteiger partial charge in [0.2, 0.25) is 5.91 Å². The molecule has 1 aromatic carbocycles. The maximum Gasteiger partial charge on any atom is 0.226 e. The third kappa shape index (κ3) is 3.59. The number of benzene rings is 1. The Morgan fingerprint density at radius 2 is 1.84 bits per heavy atom. The maximum absolute atomic E-state index is 11.8. The van der Waals surface area contributed by atoms with Crippen molar-refractivity contribution in [2.24, 2.45) is 0 Å². The first-order valence-electron chi connectivity index (χ1n) is 6.18. The molecule has 0 aromatic heterocycles. The lowest BCUT2D eigenvalue weighted by Crippen LogP contribution is -2.30. The number of β-amino-alcohol motifs (C(OH)–C–C–N with tert-alkyl or cyclic N) is 2. The van der Waals surface area contributed by atoms with Crippen molar-refractivity contribution < 1.29 is 19.7 Å². The number of amides is 1. The lowest BCUT2D eigenvalue weighted by Gasteiger charge is -2.15. The maximum atomic E-state index is 11.8. The van der Waals surface area contributed by atoms with Crippen LogP contribution >= 0.6 is 0 Å². The molecule has 6 heteroatoms. The smallest absolute Gasteiger partial charge is 0.226 e. The predicted molar refractivity (Wildman–Crippen MR) is 69.6 cm³/mol. The standard InChI is InChI=1S/C13H18N2O4/c14-9-1-3-10(4-2-9)19-6-5-13(18)15-7-11(16)12(17)8-15/h1-4,11-12,16-17H,5-8,14H2. The van der Waals surface area contributed by atoms with E-state index in [0.717, 1.165) is 0 Å². The topological polar surface area (TPSA) is 96.0 Å². The summed E-state index contributed by atoms with van der Waals surface area (Å²) in [7, 11) is 0. The molecular weight excluding hydrogens is 248 g/mol. The molecular formula is C13H18N2O4. The number of rotatable bonds is 4. The molecule has 104 valence electrons. The molecule has 2 atom stereocenters. The van der Waals surface area contributed by atoms with Gasteiger partial charge in [-0.3, -0.25) is 4.79 Å². The van der Waals surface area contributed by atoms with Gasteiger partial charge in [-0.25, -0.2) is 0 Å². The van der Waals surface area contributed by atoms with E-state index < -0.39 is 12.2 Å². The van der Waals surface area contributed by atoms with Crippen LogP contribution in [0.15, 0.2) is 24.3 Å². The Kier molecular flexibility index (Phi) is 4.24. The first-order chi connectivity index (χ1) is 9.06. The molecule has 0 aliphatic carbocycles. The number of hydrogen-bond donors (Lipinski definition) is 3. The van der Waals surface area contributed by atoms with Crippen molar-refractivity contribution in [3.05, 3.63) is 24.3 Å². The summed E-state index contributed by atoms with van der Waals surface area (Å²) in [4.78, 5) is 13.2. The zero-order valence-electron chi connectivity index (χ0n) is 10.5. The summed E-state index contributed by atoms with van der Waals surface area (Å²) in [5.74, 6) is 0.523. The molecule has 1 amide bonds. The first-order valence-corrected chi connectivity index (χ1v) is 6.18. The monoisotopic (exact) mass is 266 g/mol. The summed E-state index contributed by atoms with van der Waals surface area (Å²) in [6.07, 6.45) is -1.48. The van der Waals surface area contributed by atoms with E-state index in [0.29, 0.717) is 11.4 Å². The molecule has 0 bridgehead atoms. The van der Waals surface area contributed by atoms with Crippen molar-refractivity contribution in [3.63, 3.8) is 0 Å². The fraction of sp³-hybridized carbons (Fsp3) is 0.462. The molecule has 19 heavy (non-hydrogen) atoms. The molecule has 1 aromatic rings. The largest absolute Gasteiger partial charge is 0.493 e. The van der Waals surface area contributed by atoms with E-state index in [1.807, 2.05) is 0 Å². The average molecular weight is 266 g/mol. The van der Waals surface area contributed by atoms with Crippen LogP contribution in [0.25, 0.3) is 0 Å². The summed E-state index contributed by atoms with van der Waals surface area (Å²) in [5, 5.41) is 18.7. The Morgan fingerprint density at radius 3 is 2.42 bits per heavy atom. The van der Waals surface area contributed by atoms with Crippen LogP contribution in [0, 0.1) is 0 Å². The number of ether oxygens (including phenoxy) is 1. The van der Waals surface area contributed by atoms with E-state index in [4.69, 9.17) is 10.5 Å². The highest BCUT2D eigenvalue weighted by atomic mass is 16.5. The van der Waals surface area contributed by atoms with Crippen LogP contribution in [0.1, 0.15) is 6.42 Å². The molecule has 2 rings (SSSR count). The van der Waals surface area contributed by atoms with Gasteiger partial charge >= 0.3 is 0 Å². The minimum absolute atomic E-state index is 0.133. The molecule has 6 nitrogen and oxygen atoms in total. The quantitative estimate of drug-likeness (QED) is 0.645. The number of hydrogen-bond acceptors (Lipinski definition) is 5. The first kappa shape index (κ1) is 13.6. The molecule has 2 unspecified atom stereocenters. The van der Waals surface area contributed by atoms with E-state index in [1.54, 1.807) is 24.3 Å². The van der Waals surface area contributed by atoms with Crippen molar-refractivity contribution in [2.45, 2.75) is 18.6 Å². The zero-order chi connectivity index (χ0) is 13.8. The lowest BCUT2D eigenvalue weighted by atomic mass is 10.3. The van der Waals surface area contributed by atoms with Gasteiger partial charge in [0.1, 0.15) is 5.75 Å². The Labute approximate surface area is 111 Å². The normalized spacial score (nSPS) is 22.5. The van der Waals surface area contributed by atoms with Crippen LogP contribution < -0.4 is 10.5 Å². The Hall–Kier alpha value is -1.79. The Bertz CT molecular complexity index is 425. The number of nitrogen functional groups attached to an aromatic ring is 1. The highest BCUT2D eigenvalue weighted by molar-refractivity contribution is 5.76. The third-order valence-corrected chi connectivity index (χ3v) is 3.08. The average Bonchev–Trinajstić information content (AvgIpc) is 2.72. The van der Waals surface area contributed by atoms with E-state index in [1.165, 1.54) is 4.90 Å². The van der Waals surface area contributed by atoms with Crippen molar-refractivity contribution in [3.8, 4) is 5.75 Å². The lowest BCUT2D eigenvalue weighted by molar-refractivity contribution is -0.131. The molecule has 1 fully saturated rings. The number of aliphatic hydroxyl groups excluding tert-OH is 2. The summed E-state index contributed by atoms with van der Waals surface area (Å²) in [5.41, 5.74) is 6.20. The number of anilines is 1. The van der Waals surface area contributed by atoms with Gasteiger partial charge in [-0.1, -0.05) is 0 Å². The van der Waals surface area contributed by atoms with Gasteiger partial charge in [0, 0.05) is 18.8 Å². The minimum atomic E-state index is -0.845. The van der Waals surface area contributed by atoms with Crippen molar-refractivity contribution in [1.82, 2.24) is 4.90 Å². The molecule has 1 saturated heterocycles. The van der Waals surface area contributed by atoms with E-state index in [-0.39, 0.29) is 32.0 Å². The van der Waals surface area contributed by atoms with E-state index in [9.17, 15) is 15.0 Å². The molecule has 1 heterocycles. The van der Waals surface area contributed by atoms with Crippen LogP contribution in [0.4, 0.5) is 5.69 Å². The number of likely N-dealkylation sites (tertiary alicyclic amines) is 1. The zero-order valence-corrected chi connectivity index (χ0v) is 10.5. The van der Waals surface area contributed by atoms with Gasteiger partial charge in [0.15, 0.2) is 0 Å². The Balaban J connectivity index is 1.74. The fourth-order valence-electron chi connectivity index (χ4n) is 1.95. The second-order valence-corrected chi connectivity index (χ2v) is 4.60. The predicted octanol–water partition coefficient (Wildman–Crippen LogP) is -0.398. The van der Waals surface area contributed by atoms with Crippen LogP contribution in [-0.2, 0) is 4.79 Å². The van der Waals surface area contributed by atoms with Gasteiger partial charge in [-0.15, -0.1) is 0 Å². The second-order valence-electron chi connectivity index (χ2n) is 4.60. The van der Waals surface area contributed by atoms with Gasteiger partial charge in [-0.05, 0) is 24.3 Å². The van der Waals surface area contributed by atoms with Crippen molar-refractivity contribution in [2.75, 3.05) is 25.4 Å². The molecule has 0 spiro atoms. The second kappa shape index (κ2) is 5.90. The van der Waals surface area contributed by atoms with Crippen LogP contribution in [0.5, 0.6) is 5.75 Å². The number of carbonyl (C=O) groups is 1. The van der Waals surface area contributed by atoms with Gasteiger partial charge in [0.25, 0.3) is 0 Å². The fourth-order valence-corrected chi connectivity index (χ4v) is 1.95. The van der Waals surface area contributed by atoms with E-state index >= 15 is 0 Å². The number of aliphatic hydroxyl groups is 2. The third-order valence-electron chi connectivity index (χ3n) is 3.08. The molecule has 0 radical (unpaired) electrons. The van der Waals surface area contributed by atoms with Crippen molar-refractivity contribution in [1.29, 1.82) is 0 Å². The minimum Gasteiger partial charge on any atom is -0.493 e. The summed E-state index contributed by atoms with van der Waals surface area (Å²) >= 11 is 0. The number of carbonyl (C=O) groups excluding carboxylic acids is 1. The van der Waals surface area contributed by atoms with Crippen LogP contribution in [-0.4, -0.2) is 52.9 Å². The number of nitrogens with zero attached hydrogens (tertiary/aromatic N) is 1. The molecule has 0 saturated carbocycles. The summed E-state index contributed by atoms with van der Waals surface area (Å²) < 4.78 is 5.42. The van der Waals surface area contributed by atoms with E-state index in [2.05, 4.69) is 0 Å². The van der Waals surface area contributed by atoms with Crippen LogP contribution in [0.2, 0.25) is 0 Å². The Morgan fingerprint density at radius 1 is 1.26 bits per heavy atom. The highest BCUT2D eigenvalue weighted by Gasteiger charge is 2.32. The highest BCUT2D eigenvalue weighted by Crippen LogP contribution is 2.14. The summed E-state index contributed by atoms with van der Waals surface area (Å²) in [6.45, 7) is 0.620. The summed E-state index contributed by atoms with van der Waals surface area (Å²) in [6, 6.07) is 6.93. The SMILES string of the molecule is Nc1ccc(OCCC(=O)N2CC(O)C(O)C2)cc1.